The van der Waals surface area contributed by atoms with E-state index in [1.807, 2.05) is 25.3 Å². The van der Waals surface area contributed by atoms with E-state index in [-0.39, 0.29) is 11.4 Å². The SMILES string of the molecule is Cc1cc(=O)n2nc(N3CCc4ncc(-c5ccc(C)c(F)c5)cc4C3)c(C)cc2n1. The summed E-state index contributed by atoms with van der Waals surface area (Å²) in [6.45, 7) is 6.92. The van der Waals surface area contributed by atoms with Gasteiger partial charge in [-0.25, -0.2) is 9.37 Å². The van der Waals surface area contributed by atoms with Crippen LogP contribution in [-0.2, 0) is 13.0 Å². The fourth-order valence-electron chi connectivity index (χ4n) is 4.09. The van der Waals surface area contributed by atoms with E-state index in [4.69, 9.17) is 0 Å². The van der Waals surface area contributed by atoms with E-state index in [0.717, 1.165) is 46.7 Å². The van der Waals surface area contributed by atoms with E-state index in [0.29, 0.717) is 23.4 Å². The number of nitrogens with zero attached hydrogens (tertiary/aromatic N) is 5. The van der Waals surface area contributed by atoms with Crippen molar-refractivity contribution < 1.29 is 4.39 Å². The van der Waals surface area contributed by atoms with Crippen molar-refractivity contribution in [2.24, 2.45) is 0 Å². The number of halogens is 1. The van der Waals surface area contributed by atoms with Crippen molar-refractivity contribution in [1.29, 1.82) is 0 Å². The van der Waals surface area contributed by atoms with Crippen molar-refractivity contribution in [3.05, 3.63) is 86.8 Å². The molecule has 0 atom stereocenters. The minimum atomic E-state index is -0.220. The maximum atomic E-state index is 14.0. The number of benzene rings is 1. The number of aromatic nitrogens is 4. The molecule has 1 aromatic carbocycles. The number of aryl methyl sites for hydroxylation is 3. The van der Waals surface area contributed by atoms with Gasteiger partial charge in [-0.15, -0.1) is 5.10 Å². The summed E-state index contributed by atoms with van der Waals surface area (Å²) in [5.74, 6) is 0.541. The van der Waals surface area contributed by atoms with Crippen LogP contribution >= 0.6 is 0 Å². The first-order valence-electron chi connectivity index (χ1n) is 10.3. The Balaban J connectivity index is 1.52. The molecular weight excluding hydrogens is 393 g/mol. The standard InChI is InChI=1S/C24H22FN5O/c1-14-4-5-17(11-20(14)25)18-10-19-13-29(7-6-21(19)26-12-18)24-15(2)8-22-27-16(3)9-23(31)30(22)28-24/h4-5,8-12H,6-7,13H2,1-3H3. The first kappa shape index (κ1) is 19.4. The fraction of sp³-hybridized carbons (Fsp3) is 0.250. The predicted molar refractivity (Wildman–Crippen MR) is 118 cm³/mol. The number of pyridine rings is 1. The molecule has 0 N–H and O–H groups in total. The minimum Gasteiger partial charge on any atom is -0.350 e. The van der Waals surface area contributed by atoms with Crippen LogP contribution in [-0.4, -0.2) is 26.1 Å². The maximum Gasteiger partial charge on any atom is 0.274 e. The smallest absolute Gasteiger partial charge is 0.274 e. The fourth-order valence-corrected chi connectivity index (χ4v) is 4.09. The molecule has 0 saturated heterocycles. The zero-order chi connectivity index (χ0) is 21.7. The average molecular weight is 415 g/mol. The molecule has 0 amide bonds. The Kier molecular flexibility index (Phi) is 4.54. The lowest BCUT2D eigenvalue weighted by atomic mass is 9.99. The Labute approximate surface area is 179 Å². The van der Waals surface area contributed by atoms with E-state index in [2.05, 4.69) is 26.0 Å². The van der Waals surface area contributed by atoms with Crippen LogP contribution in [0, 0.1) is 26.6 Å². The highest BCUT2D eigenvalue weighted by molar-refractivity contribution is 5.65. The van der Waals surface area contributed by atoms with Crippen LogP contribution in [0.4, 0.5) is 10.2 Å². The third kappa shape index (κ3) is 3.46. The highest BCUT2D eigenvalue weighted by Crippen LogP contribution is 2.28. The minimum absolute atomic E-state index is 0.188. The number of rotatable bonds is 2. The number of hydrogen-bond acceptors (Lipinski definition) is 5. The van der Waals surface area contributed by atoms with Gasteiger partial charge in [0.15, 0.2) is 11.5 Å². The second-order valence-corrected chi connectivity index (χ2v) is 8.12. The van der Waals surface area contributed by atoms with E-state index >= 15 is 0 Å². The third-order valence-electron chi connectivity index (χ3n) is 5.79. The van der Waals surface area contributed by atoms with E-state index in [1.54, 1.807) is 26.0 Å². The summed E-state index contributed by atoms with van der Waals surface area (Å²) in [6, 6.07) is 10.7. The highest BCUT2D eigenvalue weighted by atomic mass is 19.1. The predicted octanol–water partition coefficient (Wildman–Crippen LogP) is 3.78. The highest BCUT2D eigenvalue weighted by Gasteiger charge is 2.22. The summed E-state index contributed by atoms with van der Waals surface area (Å²) in [4.78, 5) is 23.6. The number of fused-ring (bicyclic) bond motifs is 2. The van der Waals surface area contributed by atoms with Gasteiger partial charge in [0.1, 0.15) is 5.82 Å². The Morgan fingerprint density at radius 2 is 1.84 bits per heavy atom. The molecule has 5 rings (SSSR count). The monoisotopic (exact) mass is 415 g/mol. The van der Waals surface area contributed by atoms with E-state index < -0.39 is 0 Å². The Morgan fingerprint density at radius 1 is 1.00 bits per heavy atom. The maximum absolute atomic E-state index is 14.0. The molecule has 0 saturated carbocycles. The molecule has 1 aliphatic heterocycles. The van der Waals surface area contributed by atoms with Crippen LogP contribution in [0.5, 0.6) is 0 Å². The second kappa shape index (κ2) is 7.27. The molecule has 4 heterocycles. The summed E-state index contributed by atoms with van der Waals surface area (Å²) in [5.41, 5.74) is 6.45. The quantitative estimate of drug-likeness (QED) is 0.499. The van der Waals surface area contributed by atoms with Crippen LogP contribution in [0.2, 0.25) is 0 Å². The van der Waals surface area contributed by atoms with Crippen LogP contribution < -0.4 is 10.5 Å². The van der Waals surface area contributed by atoms with Crippen molar-refractivity contribution in [1.82, 2.24) is 19.6 Å². The van der Waals surface area contributed by atoms with Crippen molar-refractivity contribution in [3.63, 3.8) is 0 Å². The van der Waals surface area contributed by atoms with Crippen molar-refractivity contribution in [2.75, 3.05) is 11.4 Å². The molecule has 3 aromatic heterocycles. The Morgan fingerprint density at radius 3 is 2.65 bits per heavy atom. The molecule has 0 spiro atoms. The van der Waals surface area contributed by atoms with Gasteiger partial charge in [0.25, 0.3) is 5.56 Å². The number of hydrogen-bond donors (Lipinski definition) is 0. The first-order chi connectivity index (χ1) is 14.9. The van der Waals surface area contributed by atoms with Crippen molar-refractivity contribution in [3.8, 4) is 11.1 Å². The van der Waals surface area contributed by atoms with Gasteiger partial charge in [-0.3, -0.25) is 9.78 Å². The van der Waals surface area contributed by atoms with Gasteiger partial charge in [-0.1, -0.05) is 12.1 Å². The first-order valence-corrected chi connectivity index (χ1v) is 10.3. The molecule has 31 heavy (non-hydrogen) atoms. The molecule has 0 radical (unpaired) electrons. The summed E-state index contributed by atoms with van der Waals surface area (Å²) in [7, 11) is 0. The molecule has 7 heteroatoms. The normalized spacial score (nSPS) is 13.5. The summed E-state index contributed by atoms with van der Waals surface area (Å²) < 4.78 is 15.4. The molecular formula is C24H22FN5O. The summed E-state index contributed by atoms with van der Waals surface area (Å²) in [5, 5.41) is 4.61. The van der Waals surface area contributed by atoms with Gasteiger partial charge in [0, 0.05) is 48.7 Å². The zero-order valence-corrected chi connectivity index (χ0v) is 17.7. The van der Waals surface area contributed by atoms with Gasteiger partial charge in [0.05, 0.1) is 0 Å². The van der Waals surface area contributed by atoms with Gasteiger partial charge < -0.3 is 4.90 Å². The molecule has 4 aromatic rings. The van der Waals surface area contributed by atoms with E-state index in [9.17, 15) is 9.18 Å². The molecule has 0 bridgehead atoms. The van der Waals surface area contributed by atoms with Crippen LogP contribution in [0.1, 0.15) is 28.1 Å². The van der Waals surface area contributed by atoms with Crippen molar-refractivity contribution in [2.45, 2.75) is 33.7 Å². The van der Waals surface area contributed by atoms with Crippen molar-refractivity contribution >= 4 is 11.5 Å². The Bertz CT molecular complexity index is 1400. The second-order valence-electron chi connectivity index (χ2n) is 8.12. The van der Waals surface area contributed by atoms with E-state index in [1.165, 1.54) is 10.6 Å². The Hall–Kier alpha value is -3.61. The molecule has 6 nitrogen and oxygen atoms in total. The van der Waals surface area contributed by atoms with Gasteiger partial charge in [0.2, 0.25) is 0 Å². The van der Waals surface area contributed by atoms with Gasteiger partial charge >= 0.3 is 0 Å². The zero-order valence-electron chi connectivity index (χ0n) is 17.7. The van der Waals surface area contributed by atoms with Gasteiger partial charge in [-0.2, -0.15) is 4.52 Å². The van der Waals surface area contributed by atoms with Crippen LogP contribution in [0.3, 0.4) is 0 Å². The molecule has 0 unspecified atom stereocenters. The molecule has 0 fully saturated rings. The number of anilines is 1. The molecule has 156 valence electrons. The van der Waals surface area contributed by atoms with Gasteiger partial charge in [-0.05, 0) is 61.2 Å². The lowest BCUT2D eigenvalue weighted by Gasteiger charge is -2.30. The summed E-state index contributed by atoms with van der Waals surface area (Å²) in [6.07, 6.45) is 2.59. The third-order valence-corrected chi connectivity index (χ3v) is 5.79. The molecule has 0 aliphatic carbocycles. The lowest BCUT2D eigenvalue weighted by molar-refractivity contribution is 0.619. The topological polar surface area (TPSA) is 63.4 Å². The largest absolute Gasteiger partial charge is 0.350 e. The van der Waals surface area contributed by atoms with Crippen LogP contribution in [0.15, 0.2) is 47.4 Å². The van der Waals surface area contributed by atoms with Crippen LogP contribution in [0.25, 0.3) is 16.8 Å². The summed E-state index contributed by atoms with van der Waals surface area (Å²) >= 11 is 0. The average Bonchev–Trinajstić information content (AvgIpc) is 2.74. The molecule has 1 aliphatic rings. The lowest BCUT2D eigenvalue weighted by Crippen LogP contribution is -2.33.